The topological polar surface area (TPSA) is 110 Å². The number of carbonyl (C=O) groups is 2. The predicted octanol–water partition coefficient (Wildman–Crippen LogP) is 0.892. The number of carbonyl (C=O) groups excluding carboxylic acids is 2. The lowest BCUT2D eigenvalue weighted by Gasteiger charge is -2.12. The molecule has 1 aromatic rings. The number of benzene rings is 1. The molecule has 104 valence electrons. The fraction of sp³-hybridized carbons (Fsp3) is 0.273. The largest absolute Gasteiger partial charge is 0.507 e. The van der Waals surface area contributed by atoms with Crippen LogP contribution in [0.3, 0.4) is 0 Å². The fourth-order valence-corrected chi connectivity index (χ4v) is 1.93. The van der Waals surface area contributed by atoms with E-state index in [2.05, 4.69) is 4.72 Å². The smallest absolute Gasteiger partial charge is 0.308 e. The number of hydrogen-bond donors (Lipinski definition) is 2. The van der Waals surface area contributed by atoms with E-state index < -0.39 is 27.5 Å². The van der Waals surface area contributed by atoms with Crippen molar-refractivity contribution in [1.29, 1.82) is 0 Å². The van der Waals surface area contributed by atoms with Gasteiger partial charge in [-0.1, -0.05) is 0 Å². The van der Waals surface area contributed by atoms with Crippen LogP contribution in [0.2, 0.25) is 0 Å². The van der Waals surface area contributed by atoms with Crippen LogP contribution < -0.4 is 9.46 Å². The predicted molar refractivity (Wildman–Crippen MR) is 67.9 cm³/mol. The molecule has 0 amide bonds. The highest BCUT2D eigenvalue weighted by molar-refractivity contribution is 7.92. The molecule has 8 heteroatoms. The van der Waals surface area contributed by atoms with E-state index in [0.717, 1.165) is 25.3 Å². The normalized spacial score (nSPS) is 10.9. The molecule has 1 aromatic carbocycles. The molecule has 19 heavy (non-hydrogen) atoms. The molecular formula is C11H13NO6S. The third-order valence-corrected chi connectivity index (χ3v) is 2.62. The lowest BCUT2D eigenvalue weighted by molar-refractivity contribution is -0.131. The third kappa shape index (κ3) is 4.25. The van der Waals surface area contributed by atoms with E-state index in [1.54, 1.807) is 0 Å². The van der Waals surface area contributed by atoms with Crippen molar-refractivity contribution >= 4 is 27.5 Å². The third-order valence-electron chi connectivity index (χ3n) is 2.03. The van der Waals surface area contributed by atoms with Gasteiger partial charge in [0.15, 0.2) is 11.5 Å². The van der Waals surface area contributed by atoms with E-state index >= 15 is 0 Å². The van der Waals surface area contributed by atoms with Crippen molar-refractivity contribution in [2.75, 3.05) is 11.0 Å². The second-order valence-electron chi connectivity index (χ2n) is 3.89. The number of ether oxygens (including phenoxy) is 1. The summed E-state index contributed by atoms with van der Waals surface area (Å²) in [5, 5.41) is 9.62. The van der Waals surface area contributed by atoms with Gasteiger partial charge in [0.2, 0.25) is 10.0 Å². The van der Waals surface area contributed by atoms with Gasteiger partial charge in [-0.2, -0.15) is 0 Å². The number of sulfonamides is 1. The molecule has 7 nitrogen and oxygen atoms in total. The van der Waals surface area contributed by atoms with E-state index in [4.69, 9.17) is 4.74 Å². The maximum atomic E-state index is 11.3. The van der Waals surface area contributed by atoms with Gasteiger partial charge in [0.25, 0.3) is 0 Å². The molecule has 1 rings (SSSR count). The van der Waals surface area contributed by atoms with E-state index in [1.807, 2.05) is 0 Å². The number of anilines is 1. The molecule has 2 N–H and O–H groups in total. The number of rotatable bonds is 4. The fourth-order valence-electron chi connectivity index (χ4n) is 1.37. The number of aromatic hydroxyl groups is 1. The summed E-state index contributed by atoms with van der Waals surface area (Å²) in [4.78, 5) is 22.2. The van der Waals surface area contributed by atoms with Gasteiger partial charge in [-0.3, -0.25) is 14.3 Å². The summed E-state index contributed by atoms with van der Waals surface area (Å²) in [6.07, 6.45) is 0.903. The van der Waals surface area contributed by atoms with Crippen LogP contribution in [0.1, 0.15) is 24.2 Å². The maximum Gasteiger partial charge on any atom is 0.308 e. The number of hydrogen-bond acceptors (Lipinski definition) is 6. The van der Waals surface area contributed by atoms with Crippen molar-refractivity contribution in [3.8, 4) is 11.5 Å². The average molecular weight is 287 g/mol. The Balaban J connectivity index is 3.39. The van der Waals surface area contributed by atoms with Crippen molar-refractivity contribution < 1.29 is 27.9 Å². The highest BCUT2D eigenvalue weighted by atomic mass is 32.2. The van der Waals surface area contributed by atoms with E-state index in [1.165, 1.54) is 6.92 Å². The zero-order valence-corrected chi connectivity index (χ0v) is 11.4. The van der Waals surface area contributed by atoms with E-state index in [-0.39, 0.29) is 17.0 Å². The molecule has 0 bridgehead atoms. The highest BCUT2D eigenvalue weighted by Crippen LogP contribution is 2.33. The molecule has 0 saturated carbocycles. The standard InChI is InChI=1S/C11H13NO6S/c1-6(13)8-4-11(18-7(2)14)9(5-10(8)15)12-19(3,16)17/h4-5,12,15H,1-3H3. The van der Waals surface area contributed by atoms with Crippen LogP contribution in [0.25, 0.3) is 0 Å². The van der Waals surface area contributed by atoms with E-state index in [9.17, 15) is 23.1 Å². The monoisotopic (exact) mass is 287 g/mol. The van der Waals surface area contributed by atoms with Crippen LogP contribution in [0, 0.1) is 0 Å². The summed E-state index contributed by atoms with van der Waals surface area (Å²) < 4.78 is 29.2. The minimum atomic E-state index is -3.62. The second-order valence-corrected chi connectivity index (χ2v) is 5.64. The summed E-state index contributed by atoms with van der Waals surface area (Å²) in [6.45, 7) is 2.35. The molecule has 0 spiro atoms. The quantitative estimate of drug-likeness (QED) is 0.483. The molecular weight excluding hydrogens is 274 g/mol. The first kappa shape index (κ1) is 15.0. The molecule has 0 aliphatic heterocycles. The first-order chi connectivity index (χ1) is 8.60. The summed E-state index contributed by atoms with van der Waals surface area (Å²) in [5.74, 6) is -1.69. The Hall–Kier alpha value is -2.09. The van der Waals surface area contributed by atoms with Gasteiger partial charge in [0, 0.05) is 13.0 Å². The first-order valence-electron chi connectivity index (χ1n) is 5.14. The Bertz CT molecular complexity index is 635. The second kappa shape index (κ2) is 5.27. The number of phenols is 1. The average Bonchev–Trinajstić information content (AvgIpc) is 2.18. The molecule has 0 atom stereocenters. The lowest BCUT2D eigenvalue weighted by atomic mass is 10.1. The Labute approximate surface area is 110 Å². The van der Waals surface area contributed by atoms with Crippen LogP contribution >= 0.6 is 0 Å². The summed E-state index contributed by atoms with van der Waals surface area (Å²) in [7, 11) is -3.62. The molecule has 0 aliphatic carbocycles. The van der Waals surface area contributed by atoms with Crippen LogP contribution in [0.5, 0.6) is 11.5 Å². The Morgan fingerprint density at radius 3 is 2.26 bits per heavy atom. The highest BCUT2D eigenvalue weighted by Gasteiger charge is 2.17. The summed E-state index contributed by atoms with van der Waals surface area (Å²) >= 11 is 0. The van der Waals surface area contributed by atoms with Crippen LogP contribution in [0.4, 0.5) is 5.69 Å². The molecule has 0 aromatic heterocycles. The van der Waals surface area contributed by atoms with Gasteiger partial charge < -0.3 is 9.84 Å². The number of nitrogens with one attached hydrogen (secondary N) is 1. The molecule has 0 saturated heterocycles. The maximum absolute atomic E-state index is 11.3. The van der Waals surface area contributed by atoms with Crippen molar-refractivity contribution in [3.05, 3.63) is 17.7 Å². The number of ketones is 1. The van der Waals surface area contributed by atoms with Crippen LogP contribution in [0.15, 0.2) is 12.1 Å². The van der Waals surface area contributed by atoms with Gasteiger partial charge in [0.1, 0.15) is 5.75 Å². The van der Waals surface area contributed by atoms with Crippen LogP contribution in [-0.2, 0) is 14.8 Å². The Kier molecular flexibility index (Phi) is 4.15. The van der Waals surface area contributed by atoms with Gasteiger partial charge >= 0.3 is 5.97 Å². The van der Waals surface area contributed by atoms with Gasteiger partial charge in [-0.25, -0.2) is 8.42 Å². The summed E-state index contributed by atoms with van der Waals surface area (Å²) in [6, 6.07) is 2.11. The SMILES string of the molecule is CC(=O)Oc1cc(C(C)=O)c(O)cc1NS(C)(=O)=O. The minimum Gasteiger partial charge on any atom is -0.507 e. The van der Waals surface area contributed by atoms with Crippen molar-refractivity contribution in [2.24, 2.45) is 0 Å². The zero-order chi connectivity index (χ0) is 14.8. The number of Topliss-reactive ketones (excluding diaryl/α,β-unsaturated/α-hetero) is 1. The lowest BCUT2D eigenvalue weighted by Crippen LogP contribution is -2.13. The van der Waals surface area contributed by atoms with Gasteiger partial charge in [-0.15, -0.1) is 0 Å². The molecule has 0 heterocycles. The van der Waals surface area contributed by atoms with Crippen molar-refractivity contribution in [1.82, 2.24) is 0 Å². The molecule has 0 unspecified atom stereocenters. The molecule has 0 radical (unpaired) electrons. The van der Waals surface area contributed by atoms with Crippen LogP contribution in [-0.4, -0.2) is 31.5 Å². The van der Waals surface area contributed by atoms with Gasteiger partial charge in [-0.05, 0) is 13.0 Å². The Morgan fingerprint density at radius 2 is 1.84 bits per heavy atom. The Morgan fingerprint density at radius 1 is 1.26 bits per heavy atom. The number of phenolic OH excluding ortho intramolecular Hbond substituents is 1. The molecule has 0 fully saturated rings. The minimum absolute atomic E-state index is 0.0738. The van der Waals surface area contributed by atoms with Crippen molar-refractivity contribution in [3.63, 3.8) is 0 Å². The summed E-state index contributed by atoms with van der Waals surface area (Å²) in [5.41, 5.74) is -0.199. The zero-order valence-electron chi connectivity index (χ0n) is 10.6. The number of esters is 1. The van der Waals surface area contributed by atoms with Crippen molar-refractivity contribution in [2.45, 2.75) is 13.8 Å². The first-order valence-corrected chi connectivity index (χ1v) is 7.03. The molecule has 0 aliphatic rings. The van der Waals surface area contributed by atoms with E-state index in [0.29, 0.717) is 0 Å². The van der Waals surface area contributed by atoms with Gasteiger partial charge in [0.05, 0.1) is 17.5 Å².